The molecule has 84 valence electrons. The molecule has 1 heterocycles. The molecule has 0 saturated carbocycles. The summed E-state index contributed by atoms with van der Waals surface area (Å²) in [6.07, 6.45) is 0.579. The first-order chi connectivity index (χ1) is 7.06. The van der Waals surface area contributed by atoms with Crippen molar-refractivity contribution < 1.29 is 9.90 Å². The van der Waals surface area contributed by atoms with Gasteiger partial charge in [-0.25, -0.2) is 0 Å². The molecule has 0 spiro atoms. The zero-order chi connectivity index (χ0) is 11.4. The van der Waals surface area contributed by atoms with Crippen LogP contribution in [0, 0.1) is 6.92 Å². The number of hydrogen-bond donors (Lipinski definition) is 2. The van der Waals surface area contributed by atoms with Crippen molar-refractivity contribution in [2.24, 2.45) is 7.05 Å². The number of hydrogen-bond acceptors (Lipinski definition) is 2. The smallest absolute Gasteiger partial charge is 0.268 e. The molecule has 0 radical (unpaired) electrons. The van der Waals surface area contributed by atoms with Crippen molar-refractivity contribution in [3.63, 3.8) is 0 Å². The van der Waals surface area contributed by atoms with E-state index in [1.54, 1.807) is 6.07 Å². The number of aryl methyl sites for hydroxylation is 1. The third-order valence-electron chi connectivity index (χ3n) is 2.55. The fourth-order valence-corrected chi connectivity index (χ4v) is 1.40. The summed E-state index contributed by atoms with van der Waals surface area (Å²) in [5, 5.41) is 11.6. The van der Waals surface area contributed by atoms with Crippen LogP contribution in [-0.4, -0.2) is 28.2 Å². The second kappa shape index (κ2) is 4.98. The lowest BCUT2D eigenvalue weighted by Gasteiger charge is -2.13. The molecule has 1 atom stereocenters. The van der Waals surface area contributed by atoms with Gasteiger partial charge in [0.05, 0.1) is 0 Å². The molecule has 4 heteroatoms. The number of nitrogens with one attached hydrogen (secondary N) is 1. The average Bonchev–Trinajstić information content (AvgIpc) is 2.48. The van der Waals surface area contributed by atoms with E-state index in [2.05, 4.69) is 5.32 Å². The highest BCUT2D eigenvalue weighted by Gasteiger charge is 2.12. The Kier molecular flexibility index (Phi) is 3.91. The van der Waals surface area contributed by atoms with E-state index in [1.165, 1.54) is 0 Å². The van der Waals surface area contributed by atoms with Gasteiger partial charge in [-0.1, -0.05) is 0 Å². The number of rotatable bonds is 4. The van der Waals surface area contributed by atoms with Crippen molar-refractivity contribution in [2.45, 2.75) is 26.3 Å². The van der Waals surface area contributed by atoms with Crippen LogP contribution in [0.1, 0.15) is 29.5 Å². The van der Waals surface area contributed by atoms with Gasteiger partial charge in [0.15, 0.2) is 0 Å². The standard InChI is InChI=1S/C11H18N2O2/c1-8(6-7-14)12-11(15)10-5-4-9(2)13(10)3/h4-5,8,14H,6-7H2,1-3H3,(H,12,15). The van der Waals surface area contributed by atoms with Crippen molar-refractivity contribution in [1.29, 1.82) is 0 Å². The van der Waals surface area contributed by atoms with E-state index < -0.39 is 0 Å². The lowest BCUT2D eigenvalue weighted by Crippen LogP contribution is -2.34. The Bertz CT molecular complexity index is 344. The van der Waals surface area contributed by atoms with E-state index in [9.17, 15) is 4.79 Å². The van der Waals surface area contributed by atoms with Gasteiger partial charge in [-0.15, -0.1) is 0 Å². The van der Waals surface area contributed by atoms with Crippen LogP contribution in [0.5, 0.6) is 0 Å². The lowest BCUT2D eigenvalue weighted by atomic mass is 10.2. The van der Waals surface area contributed by atoms with Crippen LogP contribution in [0.25, 0.3) is 0 Å². The molecule has 1 aromatic rings. The summed E-state index contributed by atoms with van der Waals surface area (Å²) in [7, 11) is 1.86. The monoisotopic (exact) mass is 210 g/mol. The molecular formula is C11H18N2O2. The van der Waals surface area contributed by atoms with Gasteiger partial charge >= 0.3 is 0 Å². The zero-order valence-electron chi connectivity index (χ0n) is 9.45. The second-order valence-corrected chi connectivity index (χ2v) is 3.81. The highest BCUT2D eigenvalue weighted by molar-refractivity contribution is 5.93. The summed E-state index contributed by atoms with van der Waals surface area (Å²) in [5.74, 6) is -0.0912. The fourth-order valence-electron chi connectivity index (χ4n) is 1.40. The van der Waals surface area contributed by atoms with E-state index in [-0.39, 0.29) is 18.6 Å². The van der Waals surface area contributed by atoms with E-state index in [0.717, 1.165) is 5.69 Å². The largest absolute Gasteiger partial charge is 0.396 e. The van der Waals surface area contributed by atoms with Gasteiger partial charge in [0, 0.05) is 25.4 Å². The Hall–Kier alpha value is -1.29. The van der Waals surface area contributed by atoms with Gasteiger partial charge < -0.3 is 15.0 Å². The third-order valence-corrected chi connectivity index (χ3v) is 2.55. The molecule has 0 aliphatic heterocycles. The molecule has 0 aromatic carbocycles. The van der Waals surface area contributed by atoms with E-state index in [0.29, 0.717) is 12.1 Å². The maximum atomic E-state index is 11.8. The SMILES string of the molecule is Cc1ccc(C(=O)NC(C)CCO)n1C. The summed E-state index contributed by atoms with van der Waals surface area (Å²) < 4.78 is 1.85. The van der Waals surface area contributed by atoms with Crippen LogP contribution < -0.4 is 5.32 Å². The molecule has 4 nitrogen and oxygen atoms in total. The number of amides is 1. The molecule has 1 unspecified atom stereocenters. The summed E-state index contributed by atoms with van der Waals surface area (Å²) in [6, 6.07) is 3.71. The van der Waals surface area contributed by atoms with Crippen molar-refractivity contribution in [3.05, 3.63) is 23.5 Å². The van der Waals surface area contributed by atoms with Crippen LogP contribution in [0.3, 0.4) is 0 Å². The quantitative estimate of drug-likeness (QED) is 0.773. The average molecular weight is 210 g/mol. The molecule has 2 N–H and O–H groups in total. The number of aromatic nitrogens is 1. The summed E-state index contributed by atoms with van der Waals surface area (Å²) >= 11 is 0. The number of carbonyl (C=O) groups excluding carboxylic acids is 1. The van der Waals surface area contributed by atoms with Gasteiger partial charge in [0.2, 0.25) is 0 Å². The van der Waals surface area contributed by atoms with Crippen molar-refractivity contribution >= 4 is 5.91 Å². The van der Waals surface area contributed by atoms with Gasteiger partial charge in [0.25, 0.3) is 5.91 Å². The predicted molar refractivity (Wildman–Crippen MR) is 58.8 cm³/mol. The van der Waals surface area contributed by atoms with Gasteiger partial charge in [-0.2, -0.15) is 0 Å². The first kappa shape index (κ1) is 11.8. The number of nitrogens with zero attached hydrogens (tertiary/aromatic N) is 1. The molecule has 0 aliphatic rings. The van der Waals surface area contributed by atoms with Crippen molar-refractivity contribution in [1.82, 2.24) is 9.88 Å². The maximum absolute atomic E-state index is 11.8. The Balaban J connectivity index is 2.65. The van der Waals surface area contributed by atoms with E-state index in [4.69, 9.17) is 5.11 Å². The second-order valence-electron chi connectivity index (χ2n) is 3.81. The highest BCUT2D eigenvalue weighted by Crippen LogP contribution is 2.06. The van der Waals surface area contributed by atoms with Crippen LogP contribution in [-0.2, 0) is 7.05 Å². The normalized spacial score (nSPS) is 12.5. The fraction of sp³-hybridized carbons (Fsp3) is 0.545. The third kappa shape index (κ3) is 2.83. The van der Waals surface area contributed by atoms with E-state index in [1.807, 2.05) is 31.5 Å². The maximum Gasteiger partial charge on any atom is 0.268 e. The summed E-state index contributed by atoms with van der Waals surface area (Å²) in [6.45, 7) is 3.92. The Morgan fingerprint density at radius 1 is 1.60 bits per heavy atom. The minimum absolute atomic E-state index is 0.00212. The Labute approximate surface area is 89.9 Å². The molecular weight excluding hydrogens is 192 g/mol. The van der Waals surface area contributed by atoms with Crippen LogP contribution >= 0.6 is 0 Å². The first-order valence-electron chi connectivity index (χ1n) is 5.10. The van der Waals surface area contributed by atoms with Gasteiger partial charge in [-0.05, 0) is 32.4 Å². The lowest BCUT2D eigenvalue weighted by molar-refractivity contribution is 0.0926. The van der Waals surface area contributed by atoms with Gasteiger partial charge in [0.1, 0.15) is 5.69 Å². The predicted octanol–water partition coefficient (Wildman–Crippen LogP) is 0.834. The molecule has 0 aliphatic carbocycles. The molecule has 0 saturated heterocycles. The number of aliphatic hydroxyl groups excluding tert-OH is 1. The molecule has 1 aromatic heterocycles. The topological polar surface area (TPSA) is 54.3 Å². The van der Waals surface area contributed by atoms with Crippen molar-refractivity contribution in [3.8, 4) is 0 Å². The minimum Gasteiger partial charge on any atom is -0.396 e. The van der Waals surface area contributed by atoms with Crippen LogP contribution in [0.2, 0.25) is 0 Å². The van der Waals surface area contributed by atoms with Gasteiger partial charge in [-0.3, -0.25) is 4.79 Å². The van der Waals surface area contributed by atoms with E-state index >= 15 is 0 Å². The van der Waals surface area contributed by atoms with Crippen LogP contribution in [0.4, 0.5) is 0 Å². The Morgan fingerprint density at radius 2 is 2.27 bits per heavy atom. The Morgan fingerprint density at radius 3 is 2.73 bits per heavy atom. The van der Waals surface area contributed by atoms with Crippen molar-refractivity contribution in [2.75, 3.05) is 6.61 Å². The summed E-state index contributed by atoms with van der Waals surface area (Å²) in [4.78, 5) is 11.8. The molecule has 1 amide bonds. The van der Waals surface area contributed by atoms with Crippen LogP contribution in [0.15, 0.2) is 12.1 Å². The molecule has 15 heavy (non-hydrogen) atoms. The molecule has 0 bridgehead atoms. The number of aliphatic hydroxyl groups is 1. The highest BCUT2D eigenvalue weighted by atomic mass is 16.3. The minimum atomic E-state index is -0.0912. The molecule has 1 rings (SSSR count). The summed E-state index contributed by atoms with van der Waals surface area (Å²) in [5.41, 5.74) is 1.70. The first-order valence-corrected chi connectivity index (χ1v) is 5.10. The zero-order valence-corrected chi connectivity index (χ0v) is 9.45. The number of carbonyl (C=O) groups is 1. The molecule has 0 fully saturated rings.